The lowest BCUT2D eigenvalue weighted by molar-refractivity contribution is -0.161. The number of allylic oxidation sites excluding steroid dienone is 16. The fourth-order valence-electron chi connectivity index (χ4n) is 5.35. The Morgan fingerprint density at radius 3 is 1.62 bits per heavy atom. The number of carbonyl (C=O) groups is 2. The molecule has 1 saturated heterocycles. The molecule has 338 valence electrons. The number of aliphatic hydroxyl groups excluding tert-OH is 2. The Morgan fingerprint density at radius 2 is 1.08 bits per heavy atom. The summed E-state index contributed by atoms with van der Waals surface area (Å²) in [6, 6.07) is 0. The number of epoxide rings is 1. The van der Waals surface area contributed by atoms with E-state index in [0.717, 1.165) is 57.8 Å². The van der Waals surface area contributed by atoms with Crippen molar-refractivity contribution in [2.45, 2.75) is 154 Å². The van der Waals surface area contributed by atoms with Crippen molar-refractivity contribution in [3.8, 4) is 0 Å². The summed E-state index contributed by atoms with van der Waals surface area (Å²) in [7, 11) is -4.66. The minimum atomic E-state index is -4.66. The van der Waals surface area contributed by atoms with Gasteiger partial charge in [-0.15, -0.1) is 0 Å². The molecule has 1 aliphatic heterocycles. The first-order chi connectivity index (χ1) is 29.2. The molecule has 3 unspecified atom stereocenters. The highest BCUT2D eigenvalue weighted by Gasteiger charge is 2.36. The number of ether oxygens (including phenoxy) is 3. The number of carbonyl (C=O) groups excluding carboxylic acids is 2. The second kappa shape index (κ2) is 38.5. The molecular weight excluding hydrogens is 783 g/mol. The summed E-state index contributed by atoms with van der Waals surface area (Å²) in [5.41, 5.74) is 0. The highest BCUT2D eigenvalue weighted by molar-refractivity contribution is 7.47. The number of rotatable bonds is 38. The third kappa shape index (κ3) is 35.4. The van der Waals surface area contributed by atoms with E-state index in [4.69, 9.17) is 23.8 Å². The van der Waals surface area contributed by atoms with Gasteiger partial charge in [0, 0.05) is 12.8 Å². The molecule has 3 N–H and O–H groups in total. The molecule has 11 nitrogen and oxygen atoms in total. The van der Waals surface area contributed by atoms with E-state index in [0.29, 0.717) is 37.9 Å². The van der Waals surface area contributed by atoms with Gasteiger partial charge in [0.15, 0.2) is 6.10 Å². The second-order valence-electron chi connectivity index (χ2n) is 14.4. The van der Waals surface area contributed by atoms with E-state index in [-0.39, 0.29) is 19.4 Å². The maximum Gasteiger partial charge on any atom is 0.472 e. The first-order valence-corrected chi connectivity index (χ1v) is 23.5. The first-order valence-electron chi connectivity index (χ1n) is 22.0. The van der Waals surface area contributed by atoms with Gasteiger partial charge in [-0.3, -0.25) is 18.6 Å². The Morgan fingerprint density at radius 1 is 0.600 bits per heavy atom. The van der Waals surface area contributed by atoms with Gasteiger partial charge < -0.3 is 29.3 Å². The smallest absolute Gasteiger partial charge is 0.462 e. The number of hydrogen-bond donors (Lipinski definition) is 3. The molecule has 0 bridgehead atoms. The fraction of sp³-hybridized carbons (Fsp3) is 0.583. The number of hydrogen-bond acceptors (Lipinski definition) is 10. The molecule has 1 heterocycles. The minimum Gasteiger partial charge on any atom is -0.462 e. The zero-order valence-electron chi connectivity index (χ0n) is 36.3. The Kier molecular flexibility index (Phi) is 35.0. The maximum atomic E-state index is 12.6. The molecule has 0 aliphatic carbocycles. The minimum absolute atomic E-state index is 0.0371. The Labute approximate surface area is 361 Å². The van der Waals surface area contributed by atoms with E-state index < -0.39 is 51.8 Å². The SMILES string of the molecule is CC/C=C\CC1OC1C/C=C\C/C=C\C/C=C\C/C=C\CCC(=O)O[C@H](COC(=O)CCC/C=C\C/C=C\C/C=C\C/C=C\CCCCC)COP(=O)(O)OC[C@@H](O)CO. The molecule has 0 spiro atoms. The molecule has 12 heteroatoms. The third-order valence-corrected chi connectivity index (χ3v) is 9.78. The molecule has 0 amide bonds. The molecule has 0 aromatic rings. The second-order valence-corrected chi connectivity index (χ2v) is 15.8. The van der Waals surface area contributed by atoms with Crippen LogP contribution in [0.1, 0.15) is 129 Å². The van der Waals surface area contributed by atoms with Crippen molar-refractivity contribution in [2.75, 3.05) is 26.4 Å². The Balaban J connectivity index is 2.35. The van der Waals surface area contributed by atoms with Gasteiger partial charge in [0.2, 0.25) is 0 Å². The zero-order valence-corrected chi connectivity index (χ0v) is 37.2. The molecule has 1 aliphatic rings. The van der Waals surface area contributed by atoms with E-state index in [2.05, 4.69) is 97.4 Å². The van der Waals surface area contributed by atoms with Crippen LogP contribution in [-0.2, 0) is 37.4 Å². The summed E-state index contributed by atoms with van der Waals surface area (Å²) in [6.07, 6.45) is 51.1. The lowest BCUT2D eigenvalue weighted by Crippen LogP contribution is -2.29. The summed E-state index contributed by atoms with van der Waals surface area (Å²) in [4.78, 5) is 35.0. The average molecular weight is 859 g/mol. The van der Waals surface area contributed by atoms with Gasteiger partial charge in [0.1, 0.15) is 12.7 Å². The number of phosphoric acid groups is 1. The van der Waals surface area contributed by atoms with Crippen LogP contribution in [0.5, 0.6) is 0 Å². The van der Waals surface area contributed by atoms with Crippen LogP contribution in [0.15, 0.2) is 109 Å². The Hall–Kier alpha value is -3.41. The van der Waals surface area contributed by atoms with Crippen molar-refractivity contribution in [2.24, 2.45) is 0 Å². The average Bonchev–Trinajstić information content (AvgIpc) is 3.99. The molecule has 0 saturated carbocycles. The molecule has 0 aromatic carbocycles. The molecule has 60 heavy (non-hydrogen) atoms. The van der Waals surface area contributed by atoms with Crippen LogP contribution in [-0.4, -0.2) is 77.9 Å². The molecule has 5 atom stereocenters. The van der Waals surface area contributed by atoms with Gasteiger partial charge in [-0.25, -0.2) is 4.57 Å². The van der Waals surface area contributed by atoms with Crippen molar-refractivity contribution in [1.29, 1.82) is 0 Å². The summed E-state index contributed by atoms with van der Waals surface area (Å²) in [6.45, 7) is 2.05. The van der Waals surface area contributed by atoms with Gasteiger partial charge >= 0.3 is 19.8 Å². The van der Waals surface area contributed by atoms with E-state index in [1.807, 2.05) is 30.4 Å². The van der Waals surface area contributed by atoms with Crippen molar-refractivity contribution < 1.29 is 52.5 Å². The van der Waals surface area contributed by atoms with E-state index in [9.17, 15) is 24.2 Å². The van der Waals surface area contributed by atoms with Crippen molar-refractivity contribution in [3.63, 3.8) is 0 Å². The predicted molar refractivity (Wildman–Crippen MR) is 241 cm³/mol. The lowest BCUT2D eigenvalue weighted by Gasteiger charge is -2.20. The normalized spacial score (nSPS) is 18.2. The molecule has 1 fully saturated rings. The van der Waals surface area contributed by atoms with Crippen LogP contribution < -0.4 is 0 Å². The standard InChI is InChI=1S/C48H75O11P/c1-3-5-7-8-9-10-11-12-13-14-15-16-20-23-26-29-33-37-47(51)55-41-44(42-57-60(53,54)56-40-43(50)39-49)58-48(52)38-34-30-27-24-21-18-17-19-22-25-28-32-36-46-45(59-46)35-31-6-4-2/h6,9-10,12-13,15-16,18-19,21-23,26-28,30-32,43-46,49-50H,3-5,7-8,11,14,17,20,24-25,29,33-42H2,1-2H3,(H,53,54)/b10-9-,13-12-,16-15-,21-18-,22-19-,26-23-,30-27-,31-6-,32-28-/t43-,44+,45?,46?/m0/s1. The summed E-state index contributed by atoms with van der Waals surface area (Å²) in [5, 5.41) is 18.3. The molecular formula is C48H75O11P. The highest BCUT2D eigenvalue weighted by atomic mass is 31.2. The first kappa shape index (κ1) is 54.6. The number of aliphatic hydroxyl groups is 2. The van der Waals surface area contributed by atoms with E-state index in [1.54, 1.807) is 0 Å². The van der Waals surface area contributed by atoms with Gasteiger partial charge in [-0.2, -0.15) is 0 Å². The molecule has 1 rings (SSSR count). The van der Waals surface area contributed by atoms with Crippen molar-refractivity contribution >= 4 is 19.8 Å². The van der Waals surface area contributed by atoms with Crippen LogP contribution in [0.2, 0.25) is 0 Å². The van der Waals surface area contributed by atoms with Gasteiger partial charge in [-0.1, -0.05) is 136 Å². The van der Waals surface area contributed by atoms with Gasteiger partial charge in [0.05, 0.1) is 32.0 Å². The fourth-order valence-corrected chi connectivity index (χ4v) is 6.13. The van der Waals surface area contributed by atoms with Crippen molar-refractivity contribution in [1.82, 2.24) is 0 Å². The monoisotopic (exact) mass is 859 g/mol. The number of phosphoric ester groups is 1. The summed E-state index contributed by atoms with van der Waals surface area (Å²) < 4.78 is 38.2. The number of esters is 2. The van der Waals surface area contributed by atoms with Gasteiger partial charge in [0.25, 0.3) is 0 Å². The maximum absolute atomic E-state index is 12.6. The van der Waals surface area contributed by atoms with E-state index in [1.165, 1.54) is 19.3 Å². The number of unbranched alkanes of at least 4 members (excludes halogenated alkanes) is 4. The van der Waals surface area contributed by atoms with Crippen LogP contribution in [0.25, 0.3) is 0 Å². The van der Waals surface area contributed by atoms with Crippen LogP contribution in [0.3, 0.4) is 0 Å². The highest BCUT2D eigenvalue weighted by Crippen LogP contribution is 2.43. The predicted octanol–water partition coefficient (Wildman–Crippen LogP) is 10.8. The summed E-state index contributed by atoms with van der Waals surface area (Å²) >= 11 is 0. The van der Waals surface area contributed by atoms with Crippen LogP contribution >= 0.6 is 7.82 Å². The lowest BCUT2D eigenvalue weighted by atomic mass is 10.1. The van der Waals surface area contributed by atoms with Gasteiger partial charge in [-0.05, 0) is 89.9 Å². The zero-order chi connectivity index (χ0) is 43.8. The molecule has 0 aromatic heterocycles. The molecule has 0 radical (unpaired) electrons. The van der Waals surface area contributed by atoms with Crippen LogP contribution in [0.4, 0.5) is 0 Å². The summed E-state index contributed by atoms with van der Waals surface area (Å²) in [5.74, 6) is -1.11. The van der Waals surface area contributed by atoms with Crippen LogP contribution in [0, 0.1) is 0 Å². The quantitative estimate of drug-likeness (QED) is 0.0178. The van der Waals surface area contributed by atoms with Crippen molar-refractivity contribution in [3.05, 3.63) is 109 Å². The largest absolute Gasteiger partial charge is 0.472 e. The van der Waals surface area contributed by atoms with E-state index >= 15 is 0 Å². The Bertz CT molecular complexity index is 1420. The third-order valence-electron chi connectivity index (χ3n) is 8.83. The topological polar surface area (TPSA) is 161 Å².